The van der Waals surface area contributed by atoms with E-state index in [4.69, 9.17) is 0 Å². The summed E-state index contributed by atoms with van der Waals surface area (Å²) in [7, 11) is 0. The minimum Gasteiger partial charge on any atom is -0.324 e. The number of carbonyl (C=O) groups excluding carboxylic acids is 2. The molecule has 2 amide bonds. The first-order valence-electron chi connectivity index (χ1n) is 6.62. The van der Waals surface area contributed by atoms with Gasteiger partial charge in [0.25, 0.3) is 0 Å². The molecule has 2 aromatic rings. The molecule has 0 saturated heterocycles. The molecule has 0 saturated carbocycles. The summed E-state index contributed by atoms with van der Waals surface area (Å²) in [5.74, 6) is -0.220. The molecule has 7 nitrogen and oxygen atoms in total. The molecular weight excluding hydrogens is 270 g/mol. The van der Waals surface area contributed by atoms with Gasteiger partial charge in [-0.15, -0.1) is 0 Å². The lowest BCUT2D eigenvalue weighted by Crippen LogP contribution is -2.36. The normalized spacial score (nSPS) is 17.0. The summed E-state index contributed by atoms with van der Waals surface area (Å²) in [5.41, 5.74) is 2.95. The zero-order chi connectivity index (χ0) is 15.0. The number of anilines is 2. The van der Waals surface area contributed by atoms with Crippen molar-refractivity contribution in [3.05, 3.63) is 35.7 Å². The van der Waals surface area contributed by atoms with Gasteiger partial charge in [0.05, 0.1) is 6.42 Å². The van der Waals surface area contributed by atoms with Crippen LogP contribution in [0.4, 0.5) is 11.6 Å². The van der Waals surface area contributed by atoms with E-state index in [2.05, 4.69) is 20.7 Å². The topological polar surface area (TPSA) is 88.9 Å². The number of hydrogen-bond donors (Lipinski definition) is 2. The van der Waals surface area contributed by atoms with Gasteiger partial charge in [-0.2, -0.15) is 10.1 Å². The predicted octanol–water partition coefficient (Wildman–Crippen LogP) is 1.42. The summed E-state index contributed by atoms with van der Waals surface area (Å²) in [6.07, 6.45) is 1.37. The molecule has 21 heavy (non-hydrogen) atoms. The Morgan fingerprint density at radius 3 is 2.95 bits per heavy atom. The summed E-state index contributed by atoms with van der Waals surface area (Å²) < 4.78 is 1.43. The maximum atomic E-state index is 12.4. The fourth-order valence-corrected chi connectivity index (χ4v) is 2.25. The highest BCUT2D eigenvalue weighted by atomic mass is 16.2. The van der Waals surface area contributed by atoms with Gasteiger partial charge in [0, 0.05) is 5.69 Å². The molecule has 0 spiro atoms. The Hall–Kier alpha value is -2.70. The van der Waals surface area contributed by atoms with Crippen molar-refractivity contribution in [2.45, 2.75) is 26.3 Å². The zero-order valence-corrected chi connectivity index (χ0v) is 11.8. The van der Waals surface area contributed by atoms with Crippen LogP contribution in [-0.4, -0.2) is 26.6 Å². The highest BCUT2D eigenvalue weighted by Crippen LogP contribution is 2.23. The minimum atomic E-state index is -0.683. The average molecular weight is 285 g/mol. The molecule has 1 unspecified atom stereocenters. The quantitative estimate of drug-likeness (QED) is 0.873. The number of aryl methyl sites for hydroxylation is 2. The van der Waals surface area contributed by atoms with Gasteiger partial charge in [0.15, 0.2) is 0 Å². The molecule has 0 radical (unpaired) electrons. The molecule has 2 heterocycles. The Balaban J connectivity index is 1.83. The van der Waals surface area contributed by atoms with Gasteiger partial charge in [-0.25, -0.2) is 4.68 Å². The van der Waals surface area contributed by atoms with Crippen LogP contribution in [0.1, 0.15) is 23.6 Å². The number of benzene rings is 1. The molecule has 0 aliphatic carbocycles. The molecule has 7 heteroatoms. The number of amides is 2. The Morgan fingerprint density at radius 2 is 2.19 bits per heavy atom. The lowest BCUT2D eigenvalue weighted by Gasteiger charge is -2.22. The predicted molar refractivity (Wildman–Crippen MR) is 76.9 cm³/mol. The molecule has 1 aliphatic rings. The molecule has 1 aromatic carbocycles. The number of nitrogens with one attached hydrogen (secondary N) is 2. The highest BCUT2D eigenvalue weighted by molar-refractivity contribution is 6.00. The van der Waals surface area contributed by atoms with Gasteiger partial charge in [0.2, 0.25) is 17.8 Å². The molecule has 1 atom stereocenters. The van der Waals surface area contributed by atoms with Crippen molar-refractivity contribution in [2.75, 3.05) is 10.6 Å². The second-order valence-electron chi connectivity index (χ2n) is 5.08. The number of aromatic nitrogens is 3. The van der Waals surface area contributed by atoms with E-state index in [0.29, 0.717) is 11.6 Å². The number of fused-ring (bicyclic) bond motifs is 1. The van der Waals surface area contributed by atoms with E-state index in [1.54, 1.807) is 0 Å². The highest BCUT2D eigenvalue weighted by Gasteiger charge is 2.31. The van der Waals surface area contributed by atoms with E-state index >= 15 is 0 Å². The first-order chi connectivity index (χ1) is 10.0. The molecule has 0 fully saturated rings. The van der Waals surface area contributed by atoms with Gasteiger partial charge >= 0.3 is 0 Å². The van der Waals surface area contributed by atoms with Crippen LogP contribution in [0.2, 0.25) is 0 Å². The van der Waals surface area contributed by atoms with Crippen LogP contribution < -0.4 is 10.6 Å². The Labute approximate surface area is 121 Å². The molecule has 2 N–H and O–H groups in total. The van der Waals surface area contributed by atoms with Crippen LogP contribution in [0.5, 0.6) is 0 Å². The lowest BCUT2D eigenvalue weighted by molar-refractivity contribution is -0.125. The number of nitrogens with zero attached hydrogens (tertiary/aromatic N) is 3. The van der Waals surface area contributed by atoms with Gasteiger partial charge in [-0.1, -0.05) is 6.07 Å². The summed E-state index contributed by atoms with van der Waals surface area (Å²) in [6, 6.07) is 5.00. The van der Waals surface area contributed by atoms with Crippen molar-refractivity contribution in [2.24, 2.45) is 0 Å². The van der Waals surface area contributed by atoms with Gasteiger partial charge in [-0.3, -0.25) is 14.9 Å². The van der Waals surface area contributed by atoms with Gasteiger partial charge in [0.1, 0.15) is 12.4 Å². The van der Waals surface area contributed by atoms with Gasteiger partial charge < -0.3 is 5.32 Å². The summed E-state index contributed by atoms with van der Waals surface area (Å²) in [4.78, 5) is 27.9. The van der Waals surface area contributed by atoms with E-state index in [-0.39, 0.29) is 18.2 Å². The third kappa shape index (κ3) is 2.49. The Bertz CT molecular complexity index is 722. The van der Waals surface area contributed by atoms with Crippen molar-refractivity contribution in [3.8, 4) is 0 Å². The third-order valence-corrected chi connectivity index (χ3v) is 3.58. The molecule has 0 bridgehead atoms. The second-order valence-corrected chi connectivity index (χ2v) is 5.08. The van der Waals surface area contributed by atoms with Crippen molar-refractivity contribution in [3.63, 3.8) is 0 Å². The van der Waals surface area contributed by atoms with Gasteiger partial charge in [-0.05, 0) is 37.1 Å². The molecular formula is C14H15N5O2. The fourth-order valence-electron chi connectivity index (χ4n) is 2.25. The monoisotopic (exact) mass is 285 g/mol. The Kier molecular flexibility index (Phi) is 3.17. The minimum absolute atomic E-state index is 0.0486. The van der Waals surface area contributed by atoms with E-state index in [9.17, 15) is 9.59 Å². The van der Waals surface area contributed by atoms with Crippen molar-refractivity contribution in [1.82, 2.24) is 14.8 Å². The summed E-state index contributed by atoms with van der Waals surface area (Å²) in [5, 5.41) is 9.40. The van der Waals surface area contributed by atoms with E-state index in [1.807, 2.05) is 32.0 Å². The van der Waals surface area contributed by atoms with Crippen LogP contribution in [0.3, 0.4) is 0 Å². The number of carbonyl (C=O) groups is 2. The van der Waals surface area contributed by atoms with Crippen LogP contribution in [0.15, 0.2) is 24.5 Å². The summed E-state index contributed by atoms with van der Waals surface area (Å²) >= 11 is 0. The number of hydrogen-bond acceptors (Lipinski definition) is 4. The fraction of sp³-hybridized carbons (Fsp3) is 0.286. The van der Waals surface area contributed by atoms with Crippen LogP contribution in [0, 0.1) is 13.8 Å². The first-order valence-corrected chi connectivity index (χ1v) is 6.62. The van der Waals surface area contributed by atoms with Crippen molar-refractivity contribution >= 4 is 23.5 Å². The second kappa shape index (κ2) is 5.01. The molecule has 108 valence electrons. The number of rotatable bonds is 2. The van der Waals surface area contributed by atoms with Crippen molar-refractivity contribution in [1.29, 1.82) is 0 Å². The third-order valence-electron chi connectivity index (χ3n) is 3.58. The largest absolute Gasteiger partial charge is 0.324 e. The smallest absolute Gasteiger partial charge is 0.249 e. The molecule has 1 aromatic heterocycles. The first kappa shape index (κ1) is 13.3. The molecule has 1 aliphatic heterocycles. The average Bonchev–Trinajstić information content (AvgIpc) is 2.90. The van der Waals surface area contributed by atoms with E-state index in [1.165, 1.54) is 11.0 Å². The SMILES string of the molecule is Cc1ccc(NC(=O)C2CC(=O)Nc3ncnn32)cc1C. The lowest BCUT2D eigenvalue weighted by atomic mass is 10.1. The standard InChI is InChI=1S/C14H15N5O2/c1-8-3-4-10(5-9(8)2)17-13(21)11-6-12(20)18-14-15-7-16-19(11)14/h3-5,7,11H,6H2,1-2H3,(H,17,21)(H,15,16,18,20). The van der Waals surface area contributed by atoms with Crippen LogP contribution >= 0.6 is 0 Å². The zero-order valence-electron chi connectivity index (χ0n) is 11.8. The van der Waals surface area contributed by atoms with E-state index in [0.717, 1.165) is 11.1 Å². The van der Waals surface area contributed by atoms with E-state index < -0.39 is 6.04 Å². The van der Waals surface area contributed by atoms with Crippen LogP contribution in [0.25, 0.3) is 0 Å². The van der Waals surface area contributed by atoms with Crippen LogP contribution in [-0.2, 0) is 9.59 Å². The maximum absolute atomic E-state index is 12.4. The summed E-state index contributed by atoms with van der Waals surface area (Å²) in [6.45, 7) is 3.99. The maximum Gasteiger partial charge on any atom is 0.249 e. The Morgan fingerprint density at radius 1 is 1.38 bits per heavy atom. The van der Waals surface area contributed by atoms with Crippen molar-refractivity contribution < 1.29 is 9.59 Å². The molecule has 3 rings (SSSR count).